The molecular weight excluding hydrogens is 260 g/mol. The van der Waals surface area contributed by atoms with Crippen LogP contribution in [0.2, 0.25) is 0 Å². The lowest BCUT2D eigenvalue weighted by molar-refractivity contribution is -0.128. The normalized spacial score (nSPS) is 18.6. The zero-order valence-corrected chi connectivity index (χ0v) is 12.0. The summed E-state index contributed by atoms with van der Waals surface area (Å²) in [6, 6.07) is 8.01. The first-order valence-corrected chi connectivity index (χ1v) is 7.49. The Hall–Kier alpha value is -1.20. The average Bonchev–Trinajstić information content (AvgIpc) is 2.93. The lowest BCUT2D eigenvalue weighted by atomic mass is 10.2. The summed E-state index contributed by atoms with van der Waals surface area (Å²) in [5.41, 5.74) is 5.69. The average molecular weight is 280 g/mol. The molecule has 19 heavy (non-hydrogen) atoms. The third-order valence-electron chi connectivity index (χ3n) is 3.37. The van der Waals surface area contributed by atoms with Crippen LogP contribution in [0.4, 0.5) is 0 Å². The maximum atomic E-state index is 12.2. The number of amides is 1. The Morgan fingerprint density at radius 2 is 2.42 bits per heavy atom. The summed E-state index contributed by atoms with van der Waals surface area (Å²) in [6.45, 7) is 1.41. The van der Waals surface area contributed by atoms with Crippen molar-refractivity contribution in [2.45, 2.75) is 23.8 Å². The number of rotatable bonds is 5. The highest BCUT2D eigenvalue weighted by atomic mass is 32.2. The molecule has 1 amide bonds. The quantitative estimate of drug-likeness (QED) is 0.835. The van der Waals surface area contributed by atoms with Gasteiger partial charge in [-0.05, 0) is 31.0 Å². The van der Waals surface area contributed by atoms with E-state index in [4.69, 9.17) is 10.5 Å². The van der Waals surface area contributed by atoms with Crippen molar-refractivity contribution < 1.29 is 9.53 Å². The van der Waals surface area contributed by atoms with Gasteiger partial charge < -0.3 is 15.4 Å². The van der Waals surface area contributed by atoms with Crippen LogP contribution in [0.3, 0.4) is 0 Å². The summed E-state index contributed by atoms with van der Waals surface area (Å²) in [4.78, 5) is 15.1. The molecule has 2 N–H and O–H groups in total. The molecule has 0 aliphatic carbocycles. The summed E-state index contributed by atoms with van der Waals surface area (Å²) in [5, 5.41) is 0. The molecule has 1 saturated heterocycles. The van der Waals surface area contributed by atoms with Crippen molar-refractivity contribution in [2.24, 2.45) is 5.73 Å². The van der Waals surface area contributed by atoms with Gasteiger partial charge in [-0.15, -0.1) is 11.8 Å². The van der Waals surface area contributed by atoms with Gasteiger partial charge in [-0.2, -0.15) is 0 Å². The summed E-state index contributed by atoms with van der Waals surface area (Å²) in [6.07, 6.45) is 2.10. The maximum absolute atomic E-state index is 12.2. The first kappa shape index (κ1) is 14.2. The Morgan fingerprint density at radius 3 is 3.16 bits per heavy atom. The van der Waals surface area contributed by atoms with Gasteiger partial charge in [-0.1, -0.05) is 6.07 Å². The summed E-state index contributed by atoms with van der Waals surface area (Å²) < 4.78 is 5.17. The fourth-order valence-corrected chi connectivity index (χ4v) is 3.16. The molecule has 0 bridgehead atoms. The third kappa shape index (κ3) is 3.64. The second-order valence-electron chi connectivity index (χ2n) is 4.59. The molecule has 1 fully saturated rings. The predicted molar refractivity (Wildman–Crippen MR) is 77.5 cm³/mol. The second kappa shape index (κ2) is 6.82. The standard InChI is InChI=1S/C14H20N2O2S/c1-18-12-5-2-6-13(8-12)19-10-14(17)16-7-3-4-11(16)9-15/h2,5-6,8,11H,3-4,7,9-10,15H2,1H3. The number of nitrogens with two attached hydrogens (primary N) is 1. The van der Waals surface area contributed by atoms with Gasteiger partial charge >= 0.3 is 0 Å². The van der Waals surface area contributed by atoms with Gasteiger partial charge in [0.25, 0.3) is 0 Å². The number of hydrogen-bond acceptors (Lipinski definition) is 4. The third-order valence-corrected chi connectivity index (χ3v) is 4.35. The first-order valence-electron chi connectivity index (χ1n) is 6.51. The van der Waals surface area contributed by atoms with Crippen molar-refractivity contribution in [3.8, 4) is 5.75 Å². The molecule has 1 aromatic carbocycles. The highest BCUT2D eigenvalue weighted by molar-refractivity contribution is 8.00. The van der Waals surface area contributed by atoms with Crippen LogP contribution in [0.15, 0.2) is 29.2 Å². The van der Waals surface area contributed by atoms with Gasteiger partial charge in [-0.3, -0.25) is 4.79 Å². The van der Waals surface area contributed by atoms with E-state index in [9.17, 15) is 4.79 Å². The molecule has 4 nitrogen and oxygen atoms in total. The van der Waals surface area contributed by atoms with Gasteiger partial charge in [0, 0.05) is 24.0 Å². The van der Waals surface area contributed by atoms with Crippen molar-refractivity contribution in [3.05, 3.63) is 24.3 Å². The van der Waals surface area contributed by atoms with Crippen LogP contribution in [0.5, 0.6) is 5.75 Å². The van der Waals surface area contributed by atoms with E-state index in [-0.39, 0.29) is 11.9 Å². The summed E-state index contributed by atoms with van der Waals surface area (Å²) in [7, 11) is 1.64. The molecule has 0 radical (unpaired) electrons. The highest BCUT2D eigenvalue weighted by Crippen LogP contribution is 2.24. The molecule has 2 rings (SSSR count). The lowest BCUT2D eigenvalue weighted by Crippen LogP contribution is -2.40. The minimum Gasteiger partial charge on any atom is -0.497 e. The highest BCUT2D eigenvalue weighted by Gasteiger charge is 2.27. The lowest BCUT2D eigenvalue weighted by Gasteiger charge is -2.23. The van der Waals surface area contributed by atoms with Gasteiger partial charge in [0.15, 0.2) is 0 Å². The van der Waals surface area contributed by atoms with Gasteiger partial charge in [0.05, 0.1) is 12.9 Å². The Bertz CT molecular complexity index is 439. The van der Waals surface area contributed by atoms with E-state index in [2.05, 4.69) is 0 Å². The molecule has 104 valence electrons. The molecule has 1 aliphatic rings. The minimum atomic E-state index is 0.181. The number of methoxy groups -OCH3 is 1. The summed E-state index contributed by atoms with van der Waals surface area (Å²) >= 11 is 1.55. The van der Waals surface area contributed by atoms with E-state index in [1.807, 2.05) is 29.2 Å². The van der Waals surface area contributed by atoms with Crippen molar-refractivity contribution in [2.75, 3.05) is 26.0 Å². The summed E-state index contributed by atoms with van der Waals surface area (Å²) in [5.74, 6) is 1.46. The predicted octanol–water partition coefficient (Wildman–Crippen LogP) is 1.74. The van der Waals surface area contributed by atoms with Gasteiger partial charge in [0.2, 0.25) is 5.91 Å². The number of thioether (sulfide) groups is 1. The van der Waals surface area contributed by atoms with Crippen LogP contribution >= 0.6 is 11.8 Å². The fraction of sp³-hybridized carbons (Fsp3) is 0.500. The van der Waals surface area contributed by atoms with E-state index in [1.165, 1.54) is 0 Å². The van der Waals surface area contributed by atoms with Gasteiger partial charge in [0.1, 0.15) is 5.75 Å². The van der Waals surface area contributed by atoms with Crippen molar-refractivity contribution in [1.29, 1.82) is 0 Å². The van der Waals surface area contributed by atoms with E-state index < -0.39 is 0 Å². The molecule has 1 aliphatic heterocycles. The molecule has 0 saturated carbocycles. The SMILES string of the molecule is COc1cccc(SCC(=O)N2CCCC2CN)c1. The number of hydrogen-bond donors (Lipinski definition) is 1. The minimum absolute atomic E-state index is 0.181. The van der Waals surface area contributed by atoms with Crippen LogP contribution in [0, 0.1) is 0 Å². The van der Waals surface area contributed by atoms with Crippen molar-refractivity contribution in [3.63, 3.8) is 0 Å². The van der Waals surface area contributed by atoms with E-state index in [0.717, 1.165) is 30.0 Å². The molecular formula is C14H20N2O2S. The van der Waals surface area contributed by atoms with Crippen LogP contribution in [-0.4, -0.2) is 42.8 Å². The Morgan fingerprint density at radius 1 is 1.58 bits per heavy atom. The topological polar surface area (TPSA) is 55.6 Å². The number of benzene rings is 1. The molecule has 1 heterocycles. The van der Waals surface area contributed by atoms with E-state index in [0.29, 0.717) is 12.3 Å². The largest absolute Gasteiger partial charge is 0.497 e. The van der Waals surface area contributed by atoms with E-state index in [1.54, 1.807) is 18.9 Å². The number of ether oxygens (including phenoxy) is 1. The van der Waals surface area contributed by atoms with Crippen LogP contribution in [0.1, 0.15) is 12.8 Å². The van der Waals surface area contributed by atoms with Crippen molar-refractivity contribution in [1.82, 2.24) is 4.90 Å². The zero-order valence-electron chi connectivity index (χ0n) is 11.2. The zero-order chi connectivity index (χ0) is 13.7. The number of likely N-dealkylation sites (tertiary alicyclic amines) is 1. The van der Waals surface area contributed by atoms with E-state index >= 15 is 0 Å². The van der Waals surface area contributed by atoms with Gasteiger partial charge in [-0.25, -0.2) is 0 Å². The second-order valence-corrected chi connectivity index (χ2v) is 5.64. The molecule has 5 heteroatoms. The van der Waals surface area contributed by atoms with Crippen LogP contribution in [0.25, 0.3) is 0 Å². The first-order chi connectivity index (χ1) is 9.24. The molecule has 0 spiro atoms. The van der Waals surface area contributed by atoms with Crippen LogP contribution in [-0.2, 0) is 4.79 Å². The molecule has 1 atom stereocenters. The van der Waals surface area contributed by atoms with Crippen molar-refractivity contribution >= 4 is 17.7 Å². The monoisotopic (exact) mass is 280 g/mol. The molecule has 1 aromatic rings. The number of nitrogens with zero attached hydrogens (tertiary/aromatic N) is 1. The smallest absolute Gasteiger partial charge is 0.233 e. The molecule has 1 unspecified atom stereocenters. The fourth-order valence-electron chi connectivity index (χ4n) is 2.33. The maximum Gasteiger partial charge on any atom is 0.233 e. The van der Waals surface area contributed by atoms with Crippen LogP contribution < -0.4 is 10.5 Å². The number of carbonyl (C=O) groups excluding carboxylic acids is 1. The Labute approximate surface area is 118 Å². The Kier molecular flexibility index (Phi) is 5.10. The number of carbonyl (C=O) groups is 1. The molecule has 0 aromatic heterocycles. The Balaban J connectivity index is 1.89.